The van der Waals surface area contributed by atoms with E-state index >= 15 is 0 Å². The van der Waals surface area contributed by atoms with E-state index in [0.717, 1.165) is 55.1 Å². The van der Waals surface area contributed by atoms with Crippen LogP contribution in [0.3, 0.4) is 0 Å². The van der Waals surface area contributed by atoms with Gasteiger partial charge in [0, 0.05) is 25.2 Å². The highest BCUT2D eigenvalue weighted by Gasteiger charge is 2.18. The second-order valence-electron chi connectivity index (χ2n) is 5.85. The molecule has 1 aromatic rings. The van der Waals surface area contributed by atoms with E-state index < -0.39 is 0 Å². The molecule has 0 aliphatic carbocycles. The normalized spacial score (nSPS) is 14.0. The quantitative estimate of drug-likeness (QED) is 0.786. The van der Waals surface area contributed by atoms with Crippen LogP contribution in [0.2, 0.25) is 0 Å². The third-order valence-corrected chi connectivity index (χ3v) is 3.90. The van der Waals surface area contributed by atoms with Crippen LogP contribution in [0, 0.1) is 0 Å². The first kappa shape index (κ1) is 15.6. The largest absolute Gasteiger partial charge is 0.397 e. The van der Waals surface area contributed by atoms with E-state index in [4.69, 9.17) is 5.73 Å². The number of fused-ring (bicyclic) bond motifs is 1. The monoisotopic (exact) mass is 290 g/mol. The minimum absolute atomic E-state index is 0.0916. The van der Waals surface area contributed by atoms with E-state index in [-0.39, 0.29) is 5.91 Å². The summed E-state index contributed by atoms with van der Waals surface area (Å²) in [5.74, 6) is 0.0916. The summed E-state index contributed by atoms with van der Waals surface area (Å²) in [6.07, 6.45) is 2.41. The lowest BCUT2D eigenvalue weighted by molar-refractivity contribution is -0.116. The zero-order valence-electron chi connectivity index (χ0n) is 13.3. The van der Waals surface area contributed by atoms with Crippen molar-refractivity contribution in [2.24, 2.45) is 0 Å². The Labute approximate surface area is 127 Å². The van der Waals surface area contributed by atoms with E-state index in [1.165, 1.54) is 0 Å². The molecule has 1 aliphatic rings. The van der Waals surface area contributed by atoms with E-state index in [2.05, 4.69) is 36.1 Å². The van der Waals surface area contributed by atoms with Crippen molar-refractivity contribution in [3.8, 4) is 0 Å². The third kappa shape index (κ3) is 3.88. The lowest BCUT2D eigenvalue weighted by Gasteiger charge is -2.28. The number of carbonyl (C=O) groups excluding carboxylic acids is 1. The molecule has 1 aromatic carbocycles. The van der Waals surface area contributed by atoms with Crippen LogP contribution in [0.25, 0.3) is 0 Å². The molecule has 1 amide bonds. The number of benzene rings is 1. The minimum atomic E-state index is 0.0916. The molecule has 0 fully saturated rings. The Morgan fingerprint density at radius 2 is 2.00 bits per heavy atom. The lowest BCUT2D eigenvalue weighted by Crippen LogP contribution is -2.28. The Morgan fingerprint density at radius 1 is 1.24 bits per heavy atom. The predicted octanol–water partition coefficient (Wildman–Crippen LogP) is 1.93. The number of aryl methyl sites for hydroxylation is 1. The number of amides is 1. The highest BCUT2D eigenvalue weighted by molar-refractivity contribution is 5.95. The average molecular weight is 290 g/mol. The maximum absolute atomic E-state index is 11.5. The number of nitrogens with zero attached hydrogens (tertiary/aromatic N) is 2. The van der Waals surface area contributed by atoms with Crippen LogP contribution in [0.5, 0.6) is 0 Å². The molecule has 0 aromatic heterocycles. The number of rotatable bonds is 6. The molecule has 3 N–H and O–H groups in total. The van der Waals surface area contributed by atoms with Gasteiger partial charge in [-0.3, -0.25) is 4.79 Å². The molecule has 1 aliphatic heterocycles. The number of nitrogens with two attached hydrogens (primary N) is 1. The molecule has 0 saturated heterocycles. The Morgan fingerprint density at radius 3 is 2.67 bits per heavy atom. The van der Waals surface area contributed by atoms with Crippen molar-refractivity contribution in [3.05, 3.63) is 17.7 Å². The zero-order valence-corrected chi connectivity index (χ0v) is 13.3. The van der Waals surface area contributed by atoms with Crippen molar-refractivity contribution >= 4 is 23.0 Å². The number of anilines is 3. The van der Waals surface area contributed by atoms with Gasteiger partial charge in [-0.05, 0) is 58.1 Å². The highest BCUT2D eigenvalue weighted by Crippen LogP contribution is 2.33. The number of hydrogen-bond acceptors (Lipinski definition) is 4. The van der Waals surface area contributed by atoms with Crippen LogP contribution >= 0.6 is 0 Å². The van der Waals surface area contributed by atoms with E-state index in [1.54, 1.807) is 0 Å². The minimum Gasteiger partial charge on any atom is -0.397 e. The lowest BCUT2D eigenvalue weighted by atomic mass is 10.0. The number of nitrogens with one attached hydrogen (secondary N) is 1. The zero-order chi connectivity index (χ0) is 15.4. The summed E-state index contributed by atoms with van der Waals surface area (Å²) < 4.78 is 0. The summed E-state index contributed by atoms with van der Waals surface area (Å²) in [7, 11) is 4.16. The molecule has 21 heavy (non-hydrogen) atoms. The fraction of sp³-hybridized carbons (Fsp3) is 0.562. The van der Waals surface area contributed by atoms with Crippen molar-refractivity contribution in [2.75, 3.05) is 49.7 Å². The molecule has 0 bridgehead atoms. The van der Waals surface area contributed by atoms with Crippen LogP contribution in [-0.4, -0.2) is 44.5 Å². The first-order valence-corrected chi connectivity index (χ1v) is 7.63. The van der Waals surface area contributed by atoms with Crippen molar-refractivity contribution in [1.29, 1.82) is 0 Å². The van der Waals surface area contributed by atoms with Crippen LogP contribution in [0.1, 0.15) is 25.3 Å². The summed E-state index contributed by atoms with van der Waals surface area (Å²) in [5, 5.41) is 2.95. The second-order valence-corrected chi connectivity index (χ2v) is 5.85. The summed E-state index contributed by atoms with van der Waals surface area (Å²) in [5.41, 5.74) is 10.1. The molecule has 5 nitrogen and oxygen atoms in total. The molecule has 0 atom stereocenters. The highest BCUT2D eigenvalue weighted by atomic mass is 16.1. The van der Waals surface area contributed by atoms with E-state index in [0.29, 0.717) is 6.42 Å². The van der Waals surface area contributed by atoms with E-state index in [1.807, 2.05) is 12.1 Å². The Bertz CT molecular complexity index is 513. The first-order chi connectivity index (χ1) is 10.0. The van der Waals surface area contributed by atoms with Crippen molar-refractivity contribution in [1.82, 2.24) is 4.90 Å². The Kier molecular flexibility index (Phi) is 5.07. The molecule has 0 spiro atoms. The maximum atomic E-state index is 11.5. The summed E-state index contributed by atoms with van der Waals surface area (Å²) in [4.78, 5) is 16.0. The maximum Gasteiger partial charge on any atom is 0.224 e. The summed E-state index contributed by atoms with van der Waals surface area (Å²) in [6, 6.07) is 4.04. The molecule has 5 heteroatoms. The Hall–Kier alpha value is -1.75. The molecule has 2 rings (SSSR count). The van der Waals surface area contributed by atoms with Crippen LogP contribution in [-0.2, 0) is 11.2 Å². The number of carbonyl (C=O) groups is 1. The van der Waals surface area contributed by atoms with Gasteiger partial charge in [-0.25, -0.2) is 0 Å². The summed E-state index contributed by atoms with van der Waals surface area (Å²) in [6.45, 7) is 5.06. The van der Waals surface area contributed by atoms with Crippen LogP contribution in [0.15, 0.2) is 12.1 Å². The molecule has 116 valence electrons. The fourth-order valence-corrected chi connectivity index (χ4v) is 2.74. The molecule has 0 saturated carbocycles. The van der Waals surface area contributed by atoms with Gasteiger partial charge in [0.1, 0.15) is 0 Å². The third-order valence-electron chi connectivity index (χ3n) is 3.90. The van der Waals surface area contributed by atoms with Crippen molar-refractivity contribution < 1.29 is 4.79 Å². The molecule has 0 unspecified atom stereocenters. The second kappa shape index (κ2) is 6.80. The molecule has 1 heterocycles. The van der Waals surface area contributed by atoms with E-state index in [9.17, 15) is 4.79 Å². The standard InChI is InChI=1S/C16H26N4O/c1-4-20(9-5-8-19(2)3)15-11-14-12(10-13(15)17)6-7-16(21)18-14/h10-11H,4-9,17H2,1-3H3,(H,18,21). The van der Waals surface area contributed by atoms with Gasteiger partial charge in [-0.15, -0.1) is 0 Å². The Balaban J connectivity index is 2.17. The predicted molar refractivity (Wildman–Crippen MR) is 88.9 cm³/mol. The van der Waals surface area contributed by atoms with Gasteiger partial charge in [-0.1, -0.05) is 0 Å². The van der Waals surface area contributed by atoms with Gasteiger partial charge in [0.15, 0.2) is 0 Å². The van der Waals surface area contributed by atoms with Crippen LogP contribution in [0.4, 0.5) is 17.1 Å². The van der Waals surface area contributed by atoms with Gasteiger partial charge < -0.3 is 20.9 Å². The molecular weight excluding hydrogens is 264 g/mol. The first-order valence-electron chi connectivity index (χ1n) is 7.63. The van der Waals surface area contributed by atoms with Crippen molar-refractivity contribution in [3.63, 3.8) is 0 Å². The van der Waals surface area contributed by atoms with Crippen LogP contribution < -0.4 is 16.0 Å². The average Bonchev–Trinajstić information content (AvgIpc) is 2.43. The number of hydrogen-bond donors (Lipinski definition) is 2. The van der Waals surface area contributed by atoms with Crippen molar-refractivity contribution in [2.45, 2.75) is 26.2 Å². The molecule has 0 radical (unpaired) electrons. The smallest absolute Gasteiger partial charge is 0.224 e. The van der Waals surface area contributed by atoms with Gasteiger partial charge in [0.25, 0.3) is 0 Å². The van der Waals surface area contributed by atoms with Gasteiger partial charge in [-0.2, -0.15) is 0 Å². The van der Waals surface area contributed by atoms with Gasteiger partial charge in [0.2, 0.25) is 5.91 Å². The molecular formula is C16H26N4O. The SMILES string of the molecule is CCN(CCCN(C)C)c1cc2c(cc1N)CCC(=O)N2. The van der Waals surface area contributed by atoms with Gasteiger partial charge in [0.05, 0.1) is 11.4 Å². The van der Waals surface area contributed by atoms with Gasteiger partial charge >= 0.3 is 0 Å². The fourth-order valence-electron chi connectivity index (χ4n) is 2.74. The number of nitrogen functional groups attached to an aromatic ring is 1. The summed E-state index contributed by atoms with van der Waals surface area (Å²) >= 11 is 0. The topological polar surface area (TPSA) is 61.6 Å².